The Kier molecular flexibility index (Phi) is 6.54. The number of amidine groups is 1. The fraction of sp³-hybridized carbons (Fsp3) is 0.296. The van der Waals surface area contributed by atoms with Crippen LogP contribution in [0, 0.1) is 0 Å². The van der Waals surface area contributed by atoms with Gasteiger partial charge in [-0.05, 0) is 48.9 Å². The maximum absolute atomic E-state index is 13.7. The first-order valence-electron chi connectivity index (χ1n) is 11.7. The van der Waals surface area contributed by atoms with Gasteiger partial charge in [0.25, 0.3) is 5.91 Å². The Morgan fingerprint density at radius 1 is 1.09 bits per heavy atom. The van der Waals surface area contributed by atoms with Crippen LogP contribution in [0.3, 0.4) is 0 Å². The molecule has 2 aliphatic rings. The zero-order valence-corrected chi connectivity index (χ0v) is 20.0. The highest BCUT2D eigenvalue weighted by Crippen LogP contribution is 2.39. The average molecular weight is 474 g/mol. The molecule has 1 saturated heterocycles. The van der Waals surface area contributed by atoms with E-state index < -0.39 is 0 Å². The zero-order chi connectivity index (χ0) is 23.5. The maximum Gasteiger partial charge on any atom is 0.325 e. The zero-order valence-electron chi connectivity index (χ0n) is 19.1. The smallest absolute Gasteiger partial charge is 0.325 e. The Labute approximate surface area is 203 Å². The Morgan fingerprint density at radius 3 is 2.59 bits per heavy atom. The molecule has 1 aliphatic heterocycles. The summed E-state index contributed by atoms with van der Waals surface area (Å²) in [6.45, 7) is 0.121. The van der Waals surface area contributed by atoms with Gasteiger partial charge in [0.1, 0.15) is 6.54 Å². The number of amides is 1. The number of esters is 1. The number of methoxy groups -OCH3 is 1. The van der Waals surface area contributed by atoms with Gasteiger partial charge in [-0.1, -0.05) is 55.7 Å². The molecular formula is C27H27N3O3S. The molecule has 1 aliphatic carbocycles. The molecule has 1 saturated carbocycles. The minimum absolute atomic E-state index is 0.0105. The molecule has 0 unspecified atom stereocenters. The highest BCUT2D eigenvalue weighted by atomic mass is 32.2. The maximum atomic E-state index is 13.7. The third kappa shape index (κ3) is 4.53. The molecule has 34 heavy (non-hydrogen) atoms. The number of fused-ring (bicyclic) bond motifs is 1. The summed E-state index contributed by atoms with van der Waals surface area (Å²) in [4.78, 5) is 33.0. The molecule has 6 nitrogen and oxygen atoms in total. The lowest BCUT2D eigenvalue weighted by Crippen LogP contribution is -2.40. The van der Waals surface area contributed by atoms with Gasteiger partial charge in [-0.2, -0.15) is 0 Å². The van der Waals surface area contributed by atoms with Crippen LogP contribution in [-0.2, 0) is 20.9 Å². The van der Waals surface area contributed by atoms with Crippen molar-refractivity contribution >= 4 is 51.5 Å². The summed E-state index contributed by atoms with van der Waals surface area (Å²) in [5.41, 5.74) is 2.67. The first-order chi connectivity index (χ1) is 16.6. The summed E-state index contributed by atoms with van der Waals surface area (Å²) in [6.07, 6.45) is 9.36. The second kappa shape index (κ2) is 9.89. The van der Waals surface area contributed by atoms with Crippen LogP contribution in [0.15, 0.2) is 70.7 Å². The molecule has 3 aromatic rings. The average Bonchev–Trinajstić information content (AvgIpc) is 3.37. The number of aromatic nitrogens is 1. The molecule has 1 aromatic heterocycles. The van der Waals surface area contributed by atoms with Crippen LogP contribution in [-0.4, -0.2) is 39.7 Å². The van der Waals surface area contributed by atoms with Crippen LogP contribution in [0.2, 0.25) is 0 Å². The van der Waals surface area contributed by atoms with Crippen molar-refractivity contribution in [2.45, 2.75) is 44.7 Å². The number of benzene rings is 2. The van der Waals surface area contributed by atoms with Crippen LogP contribution in [0.1, 0.15) is 37.7 Å². The van der Waals surface area contributed by atoms with Gasteiger partial charge in [0.05, 0.1) is 17.7 Å². The Hall–Kier alpha value is -3.32. The van der Waals surface area contributed by atoms with Crippen LogP contribution in [0.25, 0.3) is 17.0 Å². The van der Waals surface area contributed by atoms with Crippen molar-refractivity contribution in [2.24, 2.45) is 4.99 Å². The first-order valence-corrected chi connectivity index (χ1v) is 12.5. The molecule has 0 radical (unpaired) electrons. The minimum Gasteiger partial charge on any atom is -0.468 e. The topological polar surface area (TPSA) is 63.9 Å². The predicted molar refractivity (Wildman–Crippen MR) is 137 cm³/mol. The second-order valence-corrected chi connectivity index (χ2v) is 9.62. The summed E-state index contributed by atoms with van der Waals surface area (Å²) >= 11 is 1.43. The van der Waals surface area contributed by atoms with E-state index in [2.05, 4.69) is 0 Å². The van der Waals surface area contributed by atoms with Crippen LogP contribution >= 0.6 is 11.8 Å². The number of carbonyl (C=O) groups excluding carboxylic acids is 2. The first kappa shape index (κ1) is 22.5. The van der Waals surface area contributed by atoms with E-state index in [0.717, 1.165) is 53.0 Å². The molecule has 0 bridgehead atoms. The van der Waals surface area contributed by atoms with Crippen molar-refractivity contribution in [3.63, 3.8) is 0 Å². The van der Waals surface area contributed by atoms with E-state index in [4.69, 9.17) is 9.73 Å². The van der Waals surface area contributed by atoms with E-state index >= 15 is 0 Å². The number of rotatable bonds is 5. The summed E-state index contributed by atoms with van der Waals surface area (Å²) in [6, 6.07) is 17.9. The van der Waals surface area contributed by atoms with Crippen LogP contribution in [0.5, 0.6) is 0 Å². The Morgan fingerprint density at radius 2 is 1.82 bits per heavy atom. The van der Waals surface area contributed by atoms with Crippen molar-refractivity contribution in [2.75, 3.05) is 7.11 Å². The van der Waals surface area contributed by atoms with Crippen LogP contribution in [0.4, 0.5) is 5.69 Å². The molecule has 2 fully saturated rings. The van der Waals surface area contributed by atoms with Crippen LogP contribution < -0.4 is 0 Å². The van der Waals surface area contributed by atoms with E-state index in [9.17, 15) is 9.59 Å². The van der Waals surface area contributed by atoms with Crippen molar-refractivity contribution in [1.29, 1.82) is 0 Å². The van der Waals surface area contributed by atoms with E-state index in [-0.39, 0.29) is 24.5 Å². The number of thioether (sulfide) groups is 1. The number of hydrogen-bond acceptors (Lipinski definition) is 5. The Bertz CT molecular complexity index is 1270. The fourth-order valence-corrected chi connectivity index (χ4v) is 5.75. The fourth-order valence-electron chi connectivity index (χ4n) is 4.70. The third-order valence-electron chi connectivity index (χ3n) is 6.39. The molecule has 1 amide bonds. The lowest BCUT2D eigenvalue weighted by Gasteiger charge is -2.30. The number of aliphatic imine (C=N–C) groups is 1. The van der Waals surface area contributed by atoms with Gasteiger partial charge in [0.15, 0.2) is 5.17 Å². The van der Waals surface area contributed by atoms with E-state index in [1.165, 1.54) is 25.3 Å². The molecule has 2 heterocycles. The standard InChI is InChI=1S/C27H27N3O3S/c1-33-25(31)18-29-17-19(22-14-8-9-15-23(22)29)16-24-26(32)30(21-12-6-3-7-13-21)27(34-24)28-20-10-4-2-5-11-20/h2,4-5,8-11,14-17,21H,3,6-7,12-13,18H2,1H3/b24-16-,28-27?. The molecule has 0 N–H and O–H groups in total. The normalized spacial score (nSPS) is 19.4. The summed E-state index contributed by atoms with van der Waals surface area (Å²) in [5.74, 6) is -0.302. The SMILES string of the molecule is COC(=O)Cn1cc(/C=C2\SC(=Nc3ccccc3)N(C3CCCCC3)C2=O)c2ccccc21. The van der Waals surface area contributed by atoms with E-state index in [0.29, 0.717) is 4.91 Å². The van der Waals surface area contributed by atoms with Gasteiger partial charge in [-0.25, -0.2) is 4.99 Å². The van der Waals surface area contributed by atoms with Crippen molar-refractivity contribution in [3.05, 3.63) is 71.3 Å². The molecular weight excluding hydrogens is 446 g/mol. The number of para-hydroxylation sites is 2. The molecule has 174 valence electrons. The van der Waals surface area contributed by atoms with Crippen molar-refractivity contribution < 1.29 is 14.3 Å². The molecule has 7 heteroatoms. The summed E-state index contributed by atoms with van der Waals surface area (Å²) < 4.78 is 6.73. The highest BCUT2D eigenvalue weighted by molar-refractivity contribution is 8.18. The number of nitrogens with zero attached hydrogens (tertiary/aromatic N) is 3. The van der Waals surface area contributed by atoms with Gasteiger partial charge in [-0.3, -0.25) is 14.5 Å². The molecule has 5 rings (SSSR count). The van der Waals surface area contributed by atoms with E-state index in [1.54, 1.807) is 0 Å². The van der Waals surface area contributed by atoms with Crippen molar-refractivity contribution in [1.82, 2.24) is 9.47 Å². The van der Waals surface area contributed by atoms with Gasteiger partial charge in [-0.15, -0.1) is 0 Å². The van der Waals surface area contributed by atoms with Gasteiger partial charge in [0.2, 0.25) is 0 Å². The van der Waals surface area contributed by atoms with Crippen molar-refractivity contribution in [3.8, 4) is 0 Å². The van der Waals surface area contributed by atoms with Gasteiger partial charge < -0.3 is 9.30 Å². The highest BCUT2D eigenvalue weighted by Gasteiger charge is 2.38. The largest absolute Gasteiger partial charge is 0.468 e. The molecule has 0 spiro atoms. The third-order valence-corrected chi connectivity index (χ3v) is 7.37. The molecule has 2 aromatic carbocycles. The Balaban J connectivity index is 1.54. The number of ether oxygens (including phenoxy) is 1. The monoisotopic (exact) mass is 473 g/mol. The van der Waals surface area contributed by atoms with E-state index in [1.807, 2.05) is 76.3 Å². The minimum atomic E-state index is -0.313. The summed E-state index contributed by atoms with van der Waals surface area (Å²) in [7, 11) is 1.39. The lowest BCUT2D eigenvalue weighted by molar-refractivity contribution is -0.141. The molecule has 0 atom stereocenters. The lowest BCUT2D eigenvalue weighted by atomic mass is 9.94. The number of carbonyl (C=O) groups is 2. The quantitative estimate of drug-likeness (QED) is 0.350. The van der Waals surface area contributed by atoms with Gasteiger partial charge in [0, 0.05) is 28.7 Å². The number of hydrogen-bond donors (Lipinski definition) is 0. The van der Waals surface area contributed by atoms with Gasteiger partial charge >= 0.3 is 5.97 Å². The summed E-state index contributed by atoms with van der Waals surface area (Å²) in [5, 5.41) is 1.73. The predicted octanol–water partition coefficient (Wildman–Crippen LogP) is 5.75. The second-order valence-electron chi connectivity index (χ2n) is 8.61.